The van der Waals surface area contributed by atoms with Crippen LogP contribution in [0, 0.1) is 36.2 Å². The number of phosphoric ester groups is 4. The van der Waals surface area contributed by atoms with Gasteiger partial charge in [-0.25, -0.2) is 50.6 Å². The van der Waals surface area contributed by atoms with Crippen LogP contribution in [-0.4, -0.2) is 129 Å². The summed E-state index contributed by atoms with van der Waals surface area (Å²) in [7, 11) is -16.2. The van der Waals surface area contributed by atoms with E-state index in [1.165, 1.54) is 45.4 Å². The zero-order chi connectivity index (χ0) is 95.6. The third kappa shape index (κ3) is 23.3. The summed E-state index contributed by atoms with van der Waals surface area (Å²) in [5.41, 5.74) is -1.44. The van der Waals surface area contributed by atoms with Crippen LogP contribution in [0.4, 0.5) is 13.2 Å². The Bertz CT molecular complexity index is 6210. The molecule has 7 N–H and O–H groups in total. The number of nitrogens with zero attached hydrogens (tertiary/aromatic N) is 4. The van der Waals surface area contributed by atoms with E-state index < -0.39 is 190 Å². The molecule has 8 aromatic rings. The van der Waals surface area contributed by atoms with Crippen molar-refractivity contribution in [2.45, 2.75) is 245 Å². The van der Waals surface area contributed by atoms with Crippen molar-refractivity contribution in [2.24, 2.45) is 0 Å². The van der Waals surface area contributed by atoms with Crippen molar-refractivity contribution in [2.75, 3.05) is 26.4 Å². The van der Waals surface area contributed by atoms with Crippen molar-refractivity contribution in [3.8, 4) is 23.0 Å². The first-order valence-corrected chi connectivity index (χ1v) is 50.1. The van der Waals surface area contributed by atoms with Crippen LogP contribution in [0.25, 0.3) is 0 Å². The van der Waals surface area contributed by atoms with Crippen molar-refractivity contribution >= 4 is 99.1 Å². The van der Waals surface area contributed by atoms with Crippen molar-refractivity contribution in [3.05, 3.63) is 241 Å². The van der Waals surface area contributed by atoms with E-state index in [9.17, 15) is 76.3 Å². The van der Waals surface area contributed by atoms with Crippen LogP contribution in [0.5, 0.6) is 23.0 Å². The molecule has 714 valence electrons. The number of fused-ring (bicyclic) bond motifs is 4. The molecular weight excluding hydrogens is 2150 g/mol. The van der Waals surface area contributed by atoms with Gasteiger partial charge >= 0.3 is 54.0 Å². The highest BCUT2D eigenvalue weighted by Gasteiger charge is 2.49. The Labute approximate surface area is 786 Å². The zero-order valence-electron chi connectivity index (χ0n) is 73.0. The van der Waals surface area contributed by atoms with Gasteiger partial charge in [-0.3, -0.25) is 93.6 Å². The van der Waals surface area contributed by atoms with Gasteiger partial charge in [0.2, 0.25) is 0 Å². The number of hydrogen-bond donors (Lipinski definition) is 7. The molecule has 16 unspecified atom stereocenters. The highest BCUT2D eigenvalue weighted by molar-refractivity contribution is 14.1. The molecule has 16 rings (SSSR count). The van der Waals surface area contributed by atoms with E-state index in [1.807, 2.05) is 114 Å². The number of hydrogen-bond acceptors (Lipinski definition) is 31. The van der Waals surface area contributed by atoms with Crippen molar-refractivity contribution in [1.29, 1.82) is 0 Å². The summed E-state index contributed by atoms with van der Waals surface area (Å²) < 4.78 is 191. The minimum Gasteiger partial charge on any atom is -0.404 e. The number of aliphatic hydroxyl groups is 3. The fraction of sp³-hybridized carbons (Fsp3) is 0.512. The molecule has 12 heterocycles. The van der Waals surface area contributed by atoms with Gasteiger partial charge in [0.05, 0.1) is 93.0 Å². The van der Waals surface area contributed by atoms with Gasteiger partial charge in [0.25, 0.3) is 22.2 Å². The number of benzene rings is 4. The number of ether oxygens (including phenoxy) is 4. The minimum absolute atomic E-state index is 0.0415. The van der Waals surface area contributed by atoms with Crippen molar-refractivity contribution in [1.82, 2.24) is 38.2 Å². The third-order valence-corrected chi connectivity index (χ3v) is 29.5. The molecule has 16 atom stereocenters. The molecule has 49 heteroatoms. The van der Waals surface area contributed by atoms with E-state index >= 15 is 8.78 Å². The number of rotatable bonds is 16. The van der Waals surface area contributed by atoms with Gasteiger partial charge in [0, 0.05) is 78.3 Å². The van der Waals surface area contributed by atoms with Crippen LogP contribution >= 0.6 is 99.1 Å². The van der Waals surface area contributed by atoms with E-state index in [-0.39, 0.29) is 104 Å². The smallest absolute Gasteiger partial charge is 0.404 e. The first-order chi connectivity index (χ1) is 61.1. The number of nitrogens with one attached hydrogen (secondary N) is 4. The third-order valence-electron chi connectivity index (χ3n) is 21.9. The maximum Gasteiger partial charge on any atom is 0.530 e. The summed E-state index contributed by atoms with van der Waals surface area (Å²) in [6.45, 7) is 24.5. The largest absolute Gasteiger partial charge is 0.530 e. The summed E-state index contributed by atoms with van der Waals surface area (Å²) in [6.07, 6.45) is -6.41. The van der Waals surface area contributed by atoms with Gasteiger partial charge in [-0.15, -0.1) is 0 Å². The molecule has 0 amide bonds. The maximum absolute atomic E-state index is 15.4. The number of aliphatic hydroxyl groups excluding tert-OH is 3. The lowest BCUT2D eigenvalue weighted by Crippen LogP contribution is -2.33. The predicted molar refractivity (Wildman–Crippen MR) is 486 cm³/mol. The van der Waals surface area contributed by atoms with Crippen LogP contribution in [0.2, 0.25) is 0 Å². The average molecular weight is 2250 g/mol. The lowest BCUT2D eigenvalue weighted by atomic mass is 9.78. The number of alkyl halides is 1. The van der Waals surface area contributed by atoms with Crippen LogP contribution in [-0.2, 0) is 121 Å². The Morgan fingerprint density at radius 3 is 1.12 bits per heavy atom. The second-order valence-corrected chi connectivity index (χ2v) is 45.7. The van der Waals surface area contributed by atoms with Crippen molar-refractivity contribution < 1.29 is 120 Å². The zero-order valence-corrected chi connectivity index (χ0v) is 83.1. The predicted octanol–water partition coefficient (Wildman–Crippen LogP) is 12.6. The Kier molecular flexibility index (Phi) is 30.7. The molecule has 0 radical (unpaired) electrons. The van der Waals surface area contributed by atoms with Gasteiger partial charge in [0.1, 0.15) is 90.1 Å². The Morgan fingerprint density at radius 2 is 0.725 bits per heavy atom. The Morgan fingerprint density at radius 1 is 0.405 bits per heavy atom. The lowest BCUT2D eigenvalue weighted by Gasteiger charge is -2.33. The molecule has 131 heavy (non-hydrogen) atoms. The lowest BCUT2D eigenvalue weighted by molar-refractivity contribution is -0.0470. The second-order valence-electron chi connectivity index (χ2n) is 35.9. The second kappa shape index (κ2) is 39.7. The molecule has 0 saturated carbocycles. The number of phosphoric acid groups is 4. The van der Waals surface area contributed by atoms with E-state index in [0.717, 1.165) is 21.3 Å². The standard InChI is InChI=1S/C25H33F2N2O7P.C24H31FIN2O8P.C17H18IN2O8P.C16H16IN2O8P/c1-13-10-29(23(31)28-22(13)30)19-9-17(26)18(35-19)12-34-37(32)33-11-14-20(27)15(24(2,3)4)8-16(21(14)36-37)25(5,6)7;1-23(2,3)13-7-14(24(4,5)6)20-12(19(13)25)10-33-37(32,36-20)34-11-17-16(29)8-18(35-17)28-9-15(26)21(30)27-22(28)31;1-9-3-2-4-10-7-25-29(24,28-15(9)10)26-8-13-12(21)5-14(27-13)20-6-11(18)16(22)19-17(20)23;17-10-6-19(16(22)18-15(10)21)14-5-11(20)13(26-14)8-25-28(23)24-7-9-3-1-2-4-12(9)27-28/h8,10,17-19H,9,11-12H2,1-7H3,(H,28,30,31);7,9,16-18,29H,8,10-11H2,1-6H3,(H,27,30,31);2-4,6,12-14,21H,5,7-8H2,1H3,(H,19,22,23);1-4,6,11,13-14,20H,5,7-8H2,(H,18,21,22)/i;26-2;18-2;17-2. The molecular formula is C82H98F3I3N8O31P4. The number of halogens is 6. The fourth-order valence-corrected chi connectivity index (χ4v) is 21.0. The Balaban J connectivity index is 0.000000150. The Hall–Kier alpha value is -6.90. The normalized spacial score (nSPS) is 27.4. The highest BCUT2D eigenvalue weighted by Crippen LogP contribution is 2.62. The van der Waals surface area contributed by atoms with Crippen LogP contribution in [0.3, 0.4) is 0 Å². The monoisotopic (exact) mass is 2250 g/mol. The minimum atomic E-state index is -4.24. The molecule has 4 fully saturated rings. The summed E-state index contributed by atoms with van der Waals surface area (Å²) >= 11 is 5.38. The summed E-state index contributed by atoms with van der Waals surface area (Å²) in [6, 6.07) is 15.9. The average Bonchev–Trinajstić information content (AvgIpc) is 1.74. The molecule has 0 spiro atoms. The maximum atomic E-state index is 15.4. The van der Waals surface area contributed by atoms with Crippen LogP contribution in [0.15, 0.2) is 118 Å². The molecule has 0 aliphatic carbocycles. The molecule has 0 bridgehead atoms. The van der Waals surface area contributed by atoms with Gasteiger partial charge in [0.15, 0.2) is 0 Å². The van der Waals surface area contributed by atoms with E-state index in [0.29, 0.717) is 40.9 Å². The molecule has 4 saturated heterocycles. The number of para-hydroxylation sites is 2. The first kappa shape index (κ1) is 102. The van der Waals surface area contributed by atoms with Crippen molar-refractivity contribution in [3.63, 3.8) is 0 Å². The molecule has 8 aliphatic rings. The van der Waals surface area contributed by atoms with Gasteiger partial charge in [-0.05, 0) is 138 Å². The van der Waals surface area contributed by atoms with Crippen LogP contribution in [0.1, 0.15) is 189 Å². The SMILES string of the molecule is CC(C)(C)c1cc(C(C)(C)C)c2c(c1F)COP(=O)(OCC1OC(n3cc([125I])c(=O)[nH]c3=O)CC1O)O2.Cc1cccc2c1OP(=O)(OCC1OC(n3cc([125I])c(=O)[nH]c3=O)CC1O)OC2.Cc1cn(C2CC(F)C(COP3(=O)OCc4c(F)c(C(C)(C)C)cc(C(C)(C)C)c4O3)O2)c(=O)[nH]c1=O.O=c1[nH]c(=O)n(C2CC(O)C(COP3(=O)OCc4ccccc4O3)O2)cc1[125I]. The van der Waals surface area contributed by atoms with Gasteiger partial charge in [-0.2, -0.15) is 0 Å². The topological polar surface area (TPSA) is 496 Å². The van der Waals surface area contributed by atoms with E-state index in [1.54, 1.807) is 98.1 Å². The summed E-state index contributed by atoms with van der Waals surface area (Å²) in [5.74, 6) is 0.145. The fourth-order valence-electron chi connectivity index (χ4n) is 14.7. The molecule has 4 aromatic carbocycles. The van der Waals surface area contributed by atoms with Gasteiger partial charge in [-0.1, -0.05) is 119 Å². The van der Waals surface area contributed by atoms with E-state index in [4.69, 9.17) is 73.2 Å². The van der Waals surface area contributed by atoms with E-state index in [2.05, 4.69) is 19.9 Å². The summed E-state index contributed by atoms with van der Waals surface area (Å²) in [5, 5.41) is 31.0. The first-order valence-electron chi connectivity index (χ1n) is 41.0. The molecule has 8 aliphatic heterocycles. The molecule has 39 nitrogen and oxygen atoms in total. The van der Waals surface area contributed by atoms with Crippen LogP contribution < -0.4 is 63.1 Å². The number of aromatic nitrogens is 8. The number of aryl methyl sites for hydroxylation is 2. The number of H-pyrrole nitrogens is 4. The number of aromatic amines is 4. The summed E-state index contributed by atoms with van der Waals surface area (Å²) in [4.78, 5) is 103. The molecule has 4 aromatic heterocycles. The highest BCUT2D eigenvalue weighted by atomic mass is 125. The quantitative estimate of drug-likeness (QED) is 0.0349. The van der Waals surface area contributed by atoms with Gasteiger partial charge < -0.3 is 52.4 Å².